The van der Waals surface area contributed by atoms with Gasteiger partial charge in [-0.15, -0.1) is 0 Å². The van der Waals surface area contributed by atoms with Crippen LogP contribution in [0, 0.1) is 20.8 Å². The molecular weight excluding hydrogens is 378 g/mol. The van der Waals surface area contributed by atoms with Gasteiger partial charge in [0.15, 0.2) is 0 Å². The fourth-order valence-electron chi connectivity index (χ4n) is 3.86. The van der Waals surface area contributed by atoms with E-state index in [1.165, 1.54) is 5.56 Å². The van der Waals surface area contributed by atoms with Crippen molar-refractivity contribution in [1.82, 2.24) is 4.57 Å². The molecule has 0 unspecified atom stereocenters. The molecule has 0 spiro atoms. The lowest BCUT2D eigenvalue weighted by molar-refractivity contribution is -0.115. The van der Waals surface area contributed by atoms with Crippen molar-refractivity contribution in [3.8, 4) is 5.69 Å². The zero-order valence-corrected chi connectivity index (χ0v) is 17.4. The largest absolute Gasteiger partial charge is 0.447 e. The van der Waals surface area contributed by atoms with Gasteiger partial charge >= 0.3 is 6.09 Å². The standard InChI is InChI=1S/C24H25N3O3/c1-16-7-9-21(10-8-16)27-17(2)13-19(18(27)3)14-23(28)25-20-5-4-6-22(15-20)26-11-12-30-24(26)29/h4-10,13,15H,11-12,14H2,1-3H3,(H,25,28). The van der Waals surface area contributed by atoms with Crippen LogP contribution in [0.4, 0.5) is 16.2 Å². The van der Waals surface area contributed by atoms with Gasteiger partial charge in [0.05, 0.1) is 13.0 Å². The quantitative estimate of drug-likeness (QED) is 0.680. The summed E-state index contributed by atoms with van der Waals surface area (Å²) in [4.78, 5) is 26.0. The molecule has 6 nitrogen and oxygen atoms in total. The number of hydrogen-bond donors (Lipinski definition) is 1. The minimum absolute atomic E-state index is 0.0969. The van der Waals surface area contributed by atoms with Crippen molar-refractivity contribution in [2.75, 3.05) is 23.4 Å². The van der Waals surface area contributed by atoms with Crippen LogP contribution < -0.4 is 10.2 Å². The first-order valence-corrected chi connectivity index (χ1v) is 10.0. The fourth-order valence-corrected chi connectivity index (χ4v) is 3.86. The Labute approximate surface area is 176 Å². The fraction of sp³-hybridized carbons (Fsp3) is 0.250. The van der Waals surface area contributed by atoms with Gasteiger partial charge in [0.2, 0.25) is 5.91 Å². The third-order valence-corrected chi connectivity index (χ3v) is 5.38. The summed E-state index contributed by atoms with van der Waals surface area (Å²) < 4.78 is 7.16. The molecule has 30 heavy (non-hydrogen) atoms. The van der Waals surface area contributed by atoms with E-state index in [2.05, 4.69) is 47.1 Å². The summed E-state index contributed by atoms with van der Waals surface area (Å²) in [6.07, 6.45) is -0.0800. The highest BCUT2D eigenvalue weighted by Gasteiger charge is 2.23. The lowest BCUT2D eigenvalue weighted by atomic mass is 10.1. The van der Waals surface area contributed by atoms with Crippen molar-refractivity contribution in [2.24, 2.45) is 0 Å². The first-order valence-electron chi connectivity index (χ1n) is 10.0. The van der Waals surface area contributed by atoms with Crippen molar-refractivity contribution in [3.05, 3.63) is 77.1 Å². The summed E-state index contributed by atoms with van der Waals surface area (Å²) >= 11 is 0. The number of benzene rings is 2. The number of rotatable bonds is 5. The molecule has 0 saturated carbocycles. The molecule has 4 rings (SSSR count). The van der Waals surface area contributed by atoms with Crippen LogP contribution in [0.2, 0.25) is 0 Å². The van der Waals surface area contributed by atoms with Gasteiger partial charge in [-0.2, -0.15) is 0 Å². The summed E-state index contributed by atoms with van der Waals surface area (Å²) in [5.41, 5.74) is 6.81. The lowest BCUT2D eigenvalue weighted by Crippen LogP contribution is -2.23. The molecule has 2 heterocycles. The van der Waals surface area contributed by atoms with Gasteiger partial charge in [-0.3, -0.25) is 9.69 Å². The molecule has 0 radical (unpaired) electrons. The molecule has 0 atom stereocenters. The maximum absolute atomic E-state index is 12.7. The Hall–Kier alpha value is -3.54. The number of aryl methyl sites for hydroxylation is 2. The summed E-state index contributed by atoms with van der Waals surface area (Å²) in [7, 11) is 0. The van der Waals surface area contributed by atoms with Gasteiger partial charge in [0.1, 0.15) is 6.61 Å². The molecule has 6 heteroatoms. The molecule has 154 valence electrons. The second-order valence-electron chi connectivity index (χ2n) is 7.61. The number of aromatic nitrogens is 1. The van der Waals surface area contributed by atoms with Crippen molar-refractivity contribution >= 4 is 23.4 Å². The molecule has 3 aromatic rings. The topological polar surface area (TPSA) is 63.6 Å². The molecule has 1 aliphatic heterocycles. The third kappa shape index (κ3) is 3.94. The minimum Gasteiger partial charge on any atom is -0.447 e. The van der Waals surface area contributed by atoms with E-state index in [0.29, 0.717) is 24.5 Å². The average molecular weight is 403 g/mol. The number of carbonyl (C=O) groups excluding carboxylic acids is 2. The molecule has 2 aromatic carbocycles. The van der Waals surface area contributed by atoms with Crippen LogP contribution in [0.5, 0.6) is 0 Å². The Morgan fingerprint density at radius 1 is 1.03 bits per heavy atom. The summed E-state index contributed by atoms with van der Waals surface area (Å²) in [5, 5.41) is 2.95. The minimum atomic E-state index is -0.359. The van der Waals surface area contributed by atoms with Crippen molar-refractivity contribution in [1.29, 1.82) is 0 Å². The molecule has 1 N–H and O–H groups in total. The normalized spacial score (nSPS) is 13.4. The second-order valence-corrected chi connectivity index (χ2v) is 7.61. The number of cyclic esters (lactones) is 1. The number of amides is 2. The van der Waals surface area contributed by atoms with Crippen molar-refractivity contribution in [3.63, 3.8) is 0 Å². The van der Waals surface area contributed by atoms with Gasteiger partial charge in [-0.05, 0) is 62.7 Å². The van der Waals surface area contributed by atoms with Crippen LogP contribution in [-0.2, 0) is 16.0 Å². The first-order chi connectivity index (χ1) is 14.4. The van der Waals surface area contributed by atoms with Crippen LogP contribution in [0.15, 0.2) is 54.6 Å². The number of nitrogens with zero attached hydrogens (tertiary/aromatic N) is 2. The van der Waals surface area contributed by atoms with E-state index in [9.17, 15) is 9.59 Å². The predicted molar refractivity (Wildman–Crippen MR) is 117 cm³/mol. The number of ether oxygens (including phenoxy) is 1. The van der Waals surface area contributed by atoms with Gasteiger partial charge in [0.25, 0.3) is 0 Å². The summed E-state index contributed by atoms with van der Waals surface area (Å²) in [6.45, 7) is 7.05. The maximum atomic E-state index is 12.7. The first kappa shape index (κ1) is 19.8. The van der Waals surface area contributed by atoms with Crippen molar-refractivity contribution in [2.45, 2.75) is 27.2 Å². The van der Waals surface area contributed by atoms with Crippen LogP contribution in [0.3, 0.4) is 0 Å². The molecule has 2 amide bonds. The van der Waals surface area contributed by atoms with Gasteiger partial charge in [0, 0.05) is 28.5 Å². The Kier molecular flexibility index (Phi) is 5.31. The molecule has 1 aliphatic rings. The third-order valence-electron chi connectivity index (χ3n) is 5.38. The highest BCUT2D eigenvalue weighted by atomic mass is 16.6. The number of carbonyl (C=O) groups is 2. The second kappa shape index (κ2) is 8.06. The summed E-state index contributed by atoms with van der Waals surface area (Å²) in [5.74, 6) is -0.0969. The highest BCUT2D eigenvalue weighted by molar-refractivity contribution is 5.94. The van der Waals surface area contributed by atoms with Gasteiger partial charge < -0.3 is 14.6 Å². The van der Waals surface area contributed by atoms with Crippen LogP contribution in [-0.4, -0.2) is 29.7 Å². The highest BCUT2D eigenvalue weighted by Crippen LogP contribution is 2.24. The monoisotopic (exact) mass is 403 g/mol. The maximum Gasteiger partial charge on any atom is 0.414 e. The van der Waals surface area contributed by atoms with Gasteiger partial charge in [-0.1, -0.05) is 23.8 Å². The number of hydrogen-bond acceptors (Lipinski definition) is 3. The molecule has 1 aromatic heterocycles. The van der Waals surface area contributed by atoms with E-state index in [1.807, 2.05) is 32.0 Å². The zero-order chi connectivity index (χ0) is 21.3. The van der Waals surface area contributed by atoms with Gasteiger partial charge in [-0.25, -0.2) is 4.79 Å². The van der Waals surface area contributed by atoms with Crippen molar-refractivity contribution < 1.29 is 14.3 Å². The van der Waals surface area contributed by atoms with E-state index < -0.39 is 0 Å². The average Bonchev–Trinajstić information content (AvgIpc) is 3.26. The smallest absolute Gasteiger partial charge is 0.414 e. The van der Waals surface area contributed by atoms with E-state index in [1.54, 1.807) is 11.0 Å². The van der Waals surface area contributed by atoms with E-state index in [4.69, 9.17) is 4.74 Å². The van der Waals surface area contributed by atoms with E-state index >= 15 is 0 Å². The van der Waals surface area contributed by atoms with Crippen LogP contribution in [0.25, 0.3) is 5.69 Å². The van der Waals surface area contributed by atoms with Crippen LogP contribution >= 0.6 is 0 Å². The molecule has 1 saturated heterocycles. The number of anilines is 2. The SMILES string of the molecule is Cc1ccc(-n2c(C)cc(CC(=O)Nc3cccc(N4CCOC4=O)c3)c2C)cc1. The zero-order valence-electron chi connectivity index (χ0n) is 17.4. The molecule has 1 fully saturated rings. The lowest BCUT2D eigenvalue weighted by Gasteiger charge is -2.14. The van der Waals surface area contributed by atoms with E-state index in [-0.39, 0.29) is 18.4 Å². The summed E-state index contributed by atoms with van der Waals surface area (Å²) in [6, 6.07) is 17.7. The number of nitrogens with one attached hydrogen (secondary N) is 1. The van der Waals surface area contributed by atoms with Crippen LogP contribution in [0.1, 0.15) is 22.5 Å². The van der Waals surface area contributed by atoms with E-state index in [0.717, 1.165) is 22.6 Å². The predicted octanol–water partition coefficient (Wildman–Crippen LogP) is 4.54. The molecular formula is C24H25N3O3. The molecule has 0 aliphatic carbocycles. The Morgan fingerprint density at radius 3 is 2.50 bits per heavy atom. The Morgan fingerprint density at radius 2 is 1.80 bits per heavy atom. The Balaban J connectivity index is 1.49. The molecule has 0 bridgehead atoms. The Bertz CT molecular complexity index is 1100.